The Hall–Kier alpha value is -1.91. The number of carboxylic acids is 1. The molecule has 1 N–H and O–H groups in total. The van der Waals surface area contributed by atoms with Gasteiger partial charge in [-0.3, -0.25) is 4.79 Å². The third-order valence-corrected chi connectivity index (χ3v) is 4.74. The SMILES string of the molecule is O=C(O)c1ccc2c(c1)CN(C(=O)C1CCCC(F)C1)CC2. The molecule has 1 fully saturated rings. The van der Waals surface area contributed by atoms with E-state index in [0.717, 1.165) is 30.4 Å². The summed E-state index contributed by atoms with van der Waals surface area (Å²) >= 11 is 0. The number of carbonyl (C=O) groups is 2. The third-order valence-electron chi connectivity index (χ3n) is 4.74. The van der Waals surface area contributed by atoms with E-state index in [4.69, 9.17) is 5.11 Å². The standard InChI is InChI=1S/C17H20FNO3/c18-15-3-1-2-12(9-15)16(20)19-7-6-11-4-5-13(17(21)22)8-14(11)10-19/h4-5,8,12,15H,1-3,6-7,9-10H2,(H,21,22). The number of hydrogen-bond acceptors (Lipinski definition) is 2. The number of halogens is 1. The summed E-state index contributed by atoms with van der Waals surface area (Å²) in [6.07, 6.45) is 2.29. The highest BCUT2D eigenvalue weighted by atomic mass is 19.1. The van der Waals surface area contributed by atoms with Crippen molar-refractivity contribution in [1.82, 2.24) is 4.90 Å². The predicted octanol–water partition coefficient (Wildman–Crippen LogP) is 2.80. The predicted molar refractivity (Wildman–Crippen MR) is 79.4 cm³/mol. The molecular weight excluding hydrogens is 285 g/mol. The van der Waals surface area contributed by atoms with Gasteiger partial charge in [-0.05, 0) is 55.4 Å². The maximum absolute atomic E-state index is 13.5. The highest BCUT2D eigenvalue weighted by Gasteiger charge is 2.31. The largest absolute Gasteiger partial charge is 0.478 e. The van der Waals surface area contributed by atoms with Crippen LogP contribution in [0.15, 0.2) is 18.2 Å². The Morgan fingerprint density at radius 2 is 2.05 bits per heavy atom. The summed E-state index contributed by atoms with van der Waals surface area (Å²) in [6.45, 7) is 1.06. The van der Waals surface area contributed by atoms with Gasteiger partial charge in [0.2, 0.25) is 5.91 Å². The number of fused-ring (bicyclic) bond motifs is 1. The number of aromatic carboxylic acids is 1. The van der Waals surface area contributed by atoms with Gasteiger partial charge in [0, 0.05) is 19.0 Å². The van der Waals surface area contributed by atoms with Crippen molar-refractivity contribution >= 4 is 11.9 Å². The van der Waals surface area contributed by atoms with Crippen molar-refractivity contribution in [3.8, 4) is 0 Å². The van der Waals surface area contributed by atoms with Crippen molar-refractivity contribution in [2.24, 2.45) is 5.92 Å². The van der Waals surface area contributed by atoms with Crippen molar-refractivity contribution in [3.63, 3.8) is 0 Å². The van der Waals surface area contributed by atoms with Gasteiger partial charge >= 0.3 is 5.97 Å². The molecule has 3 rings (SSSR count). The molecule has 2 atom stereocenters. The summed E-state index contributed by atoms with van der Waals surface area (Å²) in [5.41, 5.74) is 2.24. The number of carbonyl (C=O) groups excluding carboxylic acids is 1. The van der Waals surface area contributed by atoms with E-state index in [0.29, 0.717) is 25.9 Å². The molecule has 1 aromatic carbocycles. The Labute approximate surface area is 128 Å². The fourth-order valence-corrected chi connectivity index (χ4v) is 3.49. The van der Waals surface area contributed by atoms with E-state index < -0.39 is 12.1 Å². The summed E-state index contributed by atoms with van der Waals surface area (Å²) in [6, 6.07) is 5.09. The van der Waals surface area contributed by atoms with Crippen LogP contribution in [0.4, 0.5) is 4.39 Å². The van der Waals surface area contributed by atoms with Crippen LogP contribution >= 0.6 is 0 Å². The average Bonchev–Trinajstić information content (AvgIpc) is 2.53. The van der Waals surface area contributed by atoms with Crippen LogP contribution in [0.2, 0.25) is 0 Å². The molecule has 1 aromatic rings. The molecule has 2 unspecified atom stereocenters. The second-order valence-corrected chi connectivity index (χ2v) is 6.26. The highest BCUT2D eigenvalue weighted by Crippen LogP contribution is 2.30. The maximum atomic E-state index is 13.5. The normalized spacial score (nSPS) is 24.7. The monoisotopic (exact) mass is 305 g/mol. The number of carboxylic acid groups (broad SMARTS) is 1. The molecule has 1 saturated carbocycles. The number of amides is 1. The molecule has 1 aliphatic heterocycles. The Balaban J connectivity index is 1.74. The van der Waals surface area contributed by atoms with Gasteiger partial charge in [0.25, 0.3) is 0 Å². The number of hydrogen-bond donors (Lipinski definition) is 1. The lowest BCUT2D eigenvalue weighted by molar-refractivity contribution is -0.138. The first kappa shape index (κ1) is 15.0. The second kappa shape index (κ2) is 6.07. The van der Waals surface area contributed by atoms with Crippen LogP contribution < -0.4 is 0 Å². The van der Waals surface area contributed by atoms with E-state index in [1.165, 1.54) is 0 Å². The number of benzene rings is 1. The van der Waals surface area contributed by atoms with Crippen molar-refractivity contribution in [2.45, 2.75) is 44.8 Å². The minimum Gasteiger partial charge on any atom is -0.478 e. The van der Waals surface area contributed by atoms with Crippen LogP contribution in [0.1, 0.15) is 47.2 Å². The van der Waals surface area contributed by atoms with Gasteiger partial charge in [-0.2, -0.15) is 0 Å². The molecular formula is C17H20FNO3. The van der Waals surface area contributed by atoms with Crippen LogP contribution in [0.5, 0.6) is 0 Å². The van der Waals surface area contributed by atoms with Crippen molar-refractivity contribution in [2.75, 3.05) is 6.54 Å². The van der Waals surface area contributed by atoms with E-state index in [2.05, 4.69) is 0 Å². The maximum Gasteiger partial charge on any atom is 0.335 e. The smallest absolute Gasteiger partial charge is 0.335 e. The highest BCUT2D eigenvalue weighted by molar-refractivity contribution is 5.88. The number of rotatable bonds is 2. The fraction of sp³-hybridized carbons (Fsp3) is 0.529. The lowest BCUT2D eigenvalue weighted by atomic mass is 9.86. The Bertz CT molecular complexity index is 602. The molecule has 0 radical (unpaired) electrons. The molecule has 0 aromatic heterocycles. The van der Waals surface area contributed by atoms with Gasteiger partial charge in [0.05, 0.1) is 5.56 Å². The summed E-state index contributed by atoms with van der Waals surface area (Å²) in [4.78, 5) is 25.4. The quantitative estimate of drug-likeness (QED) is 0.914. The van der Waals surface area contributed by atoms with E-state index in [-0.39, 0.29) is 17.4 Å². The van der Waals surface area contributed by atoms with Gasteiger partial charge in [-0.15, -0.1) is 0 Å². The minimum absolute atomic E-state index is 0.0220. The van der Waals surface area contributed by atoms with E-state index in [1.807, 2.05) is 6.07 Å². The molecule has 0 saturated heterocycles. The summed E-state index contributed by atoms with van der Waals surface area (Å²) in [7, 11) is 0. The zero-order valence-electron chi connectivity index (χ0n) is 12.4. The van der Waals surface area contributed by atoms with E-state index in [1.54, 1.807) is 17.0 Å². The zero-order valence-corrected chi connectivity index (χ0v) is 12.4. The lowest BCUT2D eigenvalue weighted by Crippen LogP contribution is -2.41. The Kier molecular flexibility index (Phi) is 4.14. The minimum atomic E-state index is -0.959. The zero-order chi connectivity index (χ0) is 15.7. The fourth-order valence-electron chi connectivity index (χ4n) is 3.49. The third kappa shape index (κ3) is 2.98. The van der Waals surface area contributed by atoms with E-state index >= 15 is 0 Å². The molecule has 0 spiro atoms. The first-order valence-corrected chi connectivity index (χ1v) is 7.82. The molecule has 2 aliphatic rings. The first-order chi connectivity index (χ1) is 10.5. The summed E-state index contributed by atoms with van der Waals surface area (Å²) < 4.78 is 13.5. The lowest BCUT2D eigenvalue weighted by Gasteiger charge is -2.34. The molecule has 118 valence electrons. The summed E-state index contributed by atoms with van der Waals surface area (Å²) in [5.74, 6) is -1.15. The number of nitrogens with zero attached hydrogens (tertiary/aromatic N) is 1. The summed E-state index contributed by atoms with van der Waals surface area (Å²) in [5, 5.41) is 9.07. The first-order valence-electron chi connectivity index (χ1n) is 7.82. The molecule has 22 heavy (non-hydrogen) atoms. The van der Waals surface area contributed by atoms with Gasteiger partial charge in [0.1, 0.15) is 6.17 Å². The van der Waals surface area contributed by atoms with Crippen LogP contribution in [0.25, 0.3) is 0 Å². The van der Waals surface area contributed by atoms with Crippen molar-refractivity contribution < 1.29 is 19.1 Å². The van der Waals surface area contributed by atoms with Crippen LogP contribution in [-0.4, -0.2) is 34.6 Å². The van der Waals surface area contributed by atoms with Crippen LogP contribution in [0, 0.1) is 5.92 Å². The van der Waals surface area contributed by atoms with Gasteiger partial charge in [-0.25, -0.2) is 9.18 Å². The van der Waals surface area contributed by atoms with Crippen molar-refractivity contribution in [3.05, 3.63) is 34.9 Å². The molecule has 0 bridgehead atoms. The second-order valence-electron chi connectivity index (χ2n) is 6.26. The Morgan fingerprint density at radius 1 is 1.23 bits per heavy atom. The number of alkyl halides is 1. The van der Waals surface area contributed by atoms with Crippen LogP contribution in [0.3, 0.4) is 0 Å². The van der Waals surface area contributed by atoms with E-state index in [9.17, 15) is 14.0 Å². The van der Waals surface area contributed by atoms with Gasteiger partial charge in [-0.1, -0.05) is 6.07 Å². The average molecular weight is 305 g/mol. The molecule has 1 heterocycles. The Morgan fingerprint density at radius 3 is 2.77 bits per heavy atom. The van der Waals surface area contributed by atoms with Gasteiger partial charge < -0.3 is 10.0 Å². The molecule has 1 aliphatic carbocycles. The molecule has 4 nitrogen and oxygen atoms in total. The molecule has 1 amide bonds. The topological polar surface area (TPSA) is 57.6 Å². The van der Waals surface area contributed by atoms with Gasteiger partial charge in [0.15, 0.2) is 0 Å². The van der Waals surface area contributed by atoms with Crippen molar-refractivity contribution in [1.29, 1.82) is 0 Å². The van der Waals surface area contributed by atoms with Crippen LogP contribution in [-0.2, 0) is 17.8 Å². The molecule has 5 heteroatoms.